The van der Waals surface area contributed by atoms with Gasteiger partial charge in [0, 0.05) is 18.7 Å². The molecule has 0 saturated heterocycles. The van der Waals surface area contributed by atoms with Gasteiger partial charge in [-0.1, -0.05) is 6.42 Å². The molecule has 0 bridgehead atoms. The highest BCUT2D eigenvalue weighted by Crippen LogP contribution is 2.29. The molecule has 5 heteroatoms. The molecule has 1 unspecified atom stereocenters. The molecule has 2 rings (SSSR count). The van der Waals surface area contributed by atoms with E-state index in [1.165, 1.54) is 13.5 Å². The Morgan fingerprint density at radius 2 is 1.89 bits per heavy atom. The summed E-state index contributed by atoms with van der Waals surface area (Å²) in [5, 5.41) is 5.22. The van der Waals surface area contributed by atoms with Crippen LogP contribution in [0.25, 0.3) is 0 Å². The minimum atomic E-state index is -0.760. The highest BCUT2D eigenvalue weighted by Gasteiger charge is 2.25. The van der Waals surface area contributed by atoms with Gasteiger partial charge in [0.2, 0.25) is 0 Å². The van der Waals surface area contributed by atoms with Crippen LogP contribution in [-0.4, -0.2) is 19.0 Å². The molecule has 1 atom stereocenters. The minimum absolute atomic E-state index is 0.0140. The van der Waals surface area contributed by atoms with Crippen molar-refractivity contribution >= 4 is 11.6 Å². The zero-order chi connectivity index (χ0) is 14.0. The Labute approximate surface area is 111 Å². The Kier molecular flexibility index (Phi) is 4.02. The third-order valence-electron chi connectivity index (χ3n) is 3.77. The monoisotopic (exact) mass is 268 g/mol. The van der Waals surface area contributed by atoms with Crippen LogP contribution in [0.5, 0.6) is 0 Å². The van der Waals surface area contributed by atoms with Crippen LogP contribution in [0.4, 0.5) is 14.5 Å². The van der Waals surface area contributed by atoms with Crippen molar-refractivity contribution in [2.24, 2.45) is 5.92 Å². The molecule has 0 spiro atoms. The van der Waals surface area contributed by atoms with Crippen molar-refractivity contribution in [1.29, 1.82) is 0 Å². The molecule has 1 aromatic carbocycles. The second-order valence-corrected chi connectivity index (χ2v) is 5.02. The molecule has 19 heavy (non-hydrogen) atoms. The Morgan fingerprint density at radius 1 is 1.32 bits per heavy atom. The topological polar surface area (TPSA) is 41.1 Å². The minimum Gasteiger partial charge on any atom is -0.383 e. The SMILES string of the molecule is CNc1c(F)cc(C(=O)NC(C)C2CCC2)cc1F. The van der Waals surface area contributed by atoms with Crippen molar-refractivity contribution in [3.05, 3.63) is 29.3 Å². The van der Waals surface area contributed by atoms with Crippen molar-refractivity contribution in [2.45, 2.75) is 32.2 Å². The molecular weight excluding hydrogens is 250 g/mol. The summed E-state index contributed by atoms with van der Waals surface area (Å²) in [6, 6.07) is 2.14. The van der Waals surface area contributed by atoms with E-state index in [1.807, 2.05) is 6.92 Å². The van der Waals surface area contributed by atoms with Gasteiger partial charge >= 0.3 is 0 Å². The van der Waals surface area contributed by atoms with E-state index >= 15 is 0 Å². The van der Waals surface area contributed by atoms with E-state index in [0.29, 0.717) is 5.92 Å². The molecule has 0 radical (unpaired) electrons. The smallest absolute Gasteiger partial charge is 0.251 e. The van der Waals surface area contributed by atoms with E-state index in [-0.39, 0.29) is 17.3 Å². The van der Waals surface area contributed by atoms with Crippen LogP contribution >= 0.6 is 0 Å². The quantitative estimate of drug-likeness (QED) is 0.881. The van der Waals surface area contributed by atoms with Gasteiger partial charge in [0.05, 0.1) is 0 Å². The number of carbonyl (C=O) groups is 1. The fourth-order valence-electron chi connectivity index (χ4n) is 2.29. The van der Waals surface area contributed by atoms with Gasteiger partial charge in [0.1, 0.15) is 17.3 Å². The van der Waals surface area contributed by atoms with E-state index in [1.54, 1.807) is 0 Å². The average molecular weight is 268 g/mol. The second kappa shape index (κ2) is 5.55. The summed E-state index contributed by atoms with van der Waals surface area (Å²) < 4.78 is 27.1. The number of halogens is 2. The lowest BCUT2D eigenvalue weighted by atomic mass is 9.80. The lowest BCUT2D eigenvalue weighted by Gasteiger charge is -2.31. The van der Waals surface area contributed by atoms with Gasteiger partial charge in [-0.2, -0.15) is 0 Å². The van der Waals surface area contributed by atoms with Crippen LogP contribution < -0.4 is 10.6 Å². The summed E-state index contributed by atoms with van der Waals surface area (Å²) in [6.45, 7) is 1.93. The molecule has 0 heterocycles. The molecule has 1 aromatic rings. The van der Waals surface area contributed by atoms with Gasteiger partial charge in [-0.25, -0.2) is 8.78 Å². The summed E-state index contributed by atoms with van der Waals surface area (Å²) in [5.74, 6) is -1.47. The molecule has 2 N–H and O–H groups in total. The summed E-state index contributed by atoms with van der Waals surface area (Å²) in [4.78, 5) is 11.9. The lowest BCUT2D eigenvalue weighted by molar-refractivity contribution is 0.0908. The maximum absolute atomic E-state index is 13.6. The molecule has 1 amide bonds. The Balaban J connectivity index is 2.10. The molecular formula is C14H18F2N2O. The van der Waals surface area contributed by atoms with Gasteiger partial charge < -0.3 is 10.6 Å². The maximum Gasteiger partial charge on any atom is 0.251 e. The molecule has 1 aliphatic carbocycles. The summed E-state index contributed by atoms with van der Waals surface area (Å²) >= 11 is 0. The molecule has 3 nitrogen and oxygen atoms in total. The van der Waals surface area contributed by atoms with Crippen LogP contribution in [0, 0.1) is 17.6 Å². The maximum atomic E-state index is 13.6. The van der Waals surface area contributed by atoms with Crippen molar-refractivity contribution in [2.75, 3.05) is 12.4 Å². The summed E-state index contributed by atoms with van der Waals surface area (Å²) in [7, 11) is 1.43. The van der Waals surface area contributed by atoms with E-state index in [2.05, 4.69) is 10.6 Å². The fraction of sp³-hybridized carbons (Fsp3) is 0.500. The first-order valence-electron chi connectivity index (χ1n) is 6.50. The van der Waals surface area contributed by atoms with Gasteiger partial charge in [0.15, 0.2) is 0 Å². The van der Waals surface area contributed by atoms with Crippen LogP contribution in [0.2, 0.25) is 0 Å². The van der Waals surface area contributed by atoms with Crippen molar-refractivity contribution < 1.29 is 13.6 Å². The number of nitrogens with one attached hydrogen (secondary N) is 2. The van der Waals surface area contributed by atoms with Crippen LogP contribution in [0.15, 0.2) is 12.1 Å². The Morgan fingerprint density at radius 3 is 2.32 bits per heavy atom. The molecule has 0 aliphatic heterocycles. The molecule has 1 aliphatic rings. The lowest BCUT2D eigenvalue weighted by Crippen LogP contribution is -2.40. The van der Waals surface area contributed by atoms with Crippen molar-refractivity contribution in [3.63, 3.8) is 0 Å². The number of benzene rings is 1. The highest BCUT2D eigenvalue weighted by atomic mass is 19.1. The first kappa shape index (κ1) is 13.8. The van der Waals surface area contributed by atoms with Gasteiger partial charge in [-0.15, -0.1) is 0 Å². The van der Waals surface area contributed by atoms with Crippen LogP contribution in [0.1, 0.15) is 36.5 Å². The third-order valence-corrected chi connectivity index (χ3v) is 3.77. The van der Waals surface area contributed by atoms with E-state index in [0.717, 1.165) is 25.0 Å². The highest BCUT2D eigenvalue weighted by molar-refractivity contribution is 5.94. The fourth-order valence-corrected chi connectivity index (χ4v) is 2.29. The van der Waals surface area contributed by atoms with E-state index in [4.69, 9.17) is 0 Å². The standard InChI is InChI=1S/C14H18F2N2O/c1-8(9-4-3-5-9)18-14(19)10-6-11(15)13(17-2)12(16)7-10/h6-9,17H,3-5H2,1-2H3,(H,18,19). The Bertz CT molecular complexity index is 463. The molecule has 0 aromatic heterocycles. The predicted octanol–water partition coefficient (Wildman–Crippen LogP) is 2.92. The predicted molar refractivity (Wildman–Crippen MR) is 70.2 cm³/mol. The van der Waals surface area contributed by atoms with E-state index < -0.39 is 17.5 Å². The molecule has 104 valence electrons. The number of hydrogen-bond acceptors (Lipinski definition) is 2. The van der Waals surface area contributed by atoms with Crippen LogP contribution in [-0.2, 0) is 0 Å². The largest absolute Gasteiger partial charge is 0.383 e. The number of carbonyl (C=O) groups excluding carboxylic acids is 1. The van der Waals surface area contributed by atoms with Crippen LogP contribution in [0.3, 0.4) is 0 Å². The number of amides is 1. The van der Waals surface area contributed by atoms with E-state index in [9.17, 15) is 13.6 Å². The molecule has 1 saturated carbocycles. The third kappa shape index (κ3) is 2.85. The zero-order valence-corrected chi connectivity index (χ0v) is 11.1. The first-order chi connectivity index (χ1) is 9.02. The Hall–Kier alpha value is -1.65. The first-order valence-corrected chi connectivity index (χ1v) is 6.50. The number of anilines is 1. The second-order valence-electron chi connectivity index (χ2n) is 5.02. The van der Waals surface area contributed by atoms with Gasteiger partial charge in [0.25, 0.3) is 5.91 Å². The van der Waals surface area contributed by atoms with Crippen molar-refractivity contribution in [3.8, 4) is 0 Å². The normalized spacial score (nSPS) is 16.6. The zero-order valence-electron chi connectivity index (χ0n) is 11.1. The van der Waals surface area contributed by atoms with Gasteiger partial charge in [-0.3, -0.25) is 4.79 Å². The van der Waals surface area contributed by atoms with Gasteiger partial charge in [-0.05, 0) is 37.8 Å². The number of hydrogen-bond donors (Lipinski definition) is 2. The van der Waals surface area contributed by atoms with Crippen molar-refractivity contribution in [1.82, 2.24) is 5.32 Å². The average Bonchev–Trinajstić information content (AvgIpc) is 2.25. The molecule has 1 fully saturated rings. The summed E-state index contributed by atoms with van der Waals surface area (Å²) in [6.07, 6.45) is 3.39. The number of rotatable bonds is 4. The summed E-state index contributed by atoms with van der Waals surface area (Å²) in [5.41, 5.74) is -0.205.